The highest BCUT2D eigenvalue weighted by atomic mass is 16.5. The summed E-state index contributed by atoms with van der Waals surface area (Å²) in [6.45, 7) is 1.97. The number of ketones is 1. The van der Waals surface area contributed by atoms with Gasteiger partial charge in [-0.05, 0) is 31.2 Å². The summed E-state index contributed by atoms with van der Waals surface area (Å²) < 4.78 is 5.24. The Morgan fingerprint density at radius 2 is 1.89 bits per heavy atom. The Bertz CT molecular complexity index is 612. The van der Waals surface area contributed by atoms with E-state index in [1.807, 2.05) is 55.5 Å². The number of methoxy groups -OCH3 is 1. The highest BCUT2D eigenvalue weighted by Gasteiger charge is 2.02. The van der Waals surface area contributed by atoms with Gasteiger partial charge in [0.05, 0.1) is 7.11 Å². The number of para-hydroxylation sites is 1. The molecule has 2 nitrogen and oxygen atoms in total. The van der Waals surface area contributed by atoms with Crippen LogP contribution in [0.1, 0.15) is 21.5 Å². The van der Waals surface area contributed by atoms with E-state index in [0.29, 0.717) is 5.56 Å². The molecule has 2 rings (SSSR count). The topological polar surface area (TPSA) is 26.3 Å². The second kappa shape index (κ2) is 6.01. The van der Waals surface area contributed by atoms with E-state index < -0.39 is 0 Å². The maximum absolute atomic E-state index is 12.0. The Hall–Kier alpha value is -2.35. The molecule has 2 aromatic carbocycles. The average molecular weight is 252 g/mol. The van der Waals surface area contributed by atoms with Gasteiger partial charge in [-0.3, -0.25) is 4.79 Å². The highest BCUT2D eigenvalue weighted by Crippen LogP contribution is 2.19. The molecule has 0 saturated carbocycles. The molecule has 0 aliphatic carbocycles. The molecule has 0 fully saturated rings. The number of hydrogen-bond donors (Lipinski definition) is 0. The van der Waals surface area contributed by atoms with Crippen molar-refractivity contribution in [2.24, 2.45) is 0 Å². The number of ether oxygens (including phenoxy) is 1. The highest BCUT2D eigenvalue weighted by molar-refractivity contribution is 6.07. The summed E-state index contributed by atoms with van der Waals surface area (Å²) in [6.07, 6.45) is 3.36. The van der Waals surface area contributed by atoms with E-state index in [1.54, 1.807) is 19.3 Å². The third-order valence-electron chi connectivity index (χ3n) is 2.86. The number of carbonyl (C=O) groups excluding carboxylic acids is 1. The molecule has 0 aliphatic rings. The van der Waals surface area contributed by atoms with Crippen molar-refractivity contribution in [1.82, 2.24) is 0 Å². The van der Waals surface area contributed by atoms with Gasteiger partial charge in [0.15, 0.2) is 5.78 Å². The SMILES string of the molecule is COc1ccccc1C=CC(=O)c1cccc(C)c1. The van der Waals surface area contributed by atoms with Crippen LogP contribution in [0, 0.1) is 6.92 Å². The fraction of sp³-hybridized carbons (Fsp3) is 0.118. The van der Waals surface area contributed by atoms with Gasteiger partial charge >= 0.3 is 0 Å². The first-order chi connectivity index (χ1) is 9.20. The molecule has 0 saturated heterocycles. The molecular weight excluding hydrogens is 236 g/mol. The molecule has 0 aliphatic heterocycles. The van der Waals surface area contributed by atoms with Crippen molar-refractivity contribution in [2.75, 3.05) is 7.11 Å². The lowest BCUT2D eigenvalue weighted by molar-refractivity contribution is 0.104. The third kappa shape index (κ3) is 3.32. The predicted octanol–water partition coefficient (Wildman–Crippen LogP) is 3.90. The van der Waals surface area contributed by atoms with E-state index in [4.69, 9.17) is 4.74 Å². The molecule has 0 N–H and O–H groups in total. The molecule has 0 unspecified atom stereocenters. The van der Waals surface area contributed by atoms with Crippen LogP contribution >= 0.6 is 0 Å². The minimum Gasteiger partial charge on any atom is -0.496 e. The van der Waals surface area contributed by atoms with Crippen LogP contribution in [0.15, 0.2) is 54.6 Å². The van der Waals surface area contributed by atoms with Gasteiger partial charge in [0.2, 0.25) is 0 Å². The van der Waals surface area contributed by atoms with Crippen molar-refractivity contribution in [1.29, 1.82) is 0 Å². The summed E-state index contributed by atoms with van der Waals surface area (Å²) in [4.78, 5) is 12.0. The number of aryl methyl sites for hydroxylation is 1. The largest absolute Gasteiger partial charge is 0.496 e. The Morgan fingerprint density at radius 3 is 2.63 bits per heavy atom. The molecule has 0 amide bonds. The summed E-state index contributed by atoms with van der Waals surface area (Å²) in [7, 11) is 1.62. The second-order valence-corrected chi connectivity index (χ2v) is 4.31. The van der Waals surface area contributed by atoms with Crippen LogP contribution < -0.4 is 4.74 Å². The smallest absolute Gasteiger partial charge is 0.185 e. The normalized spacial score (nSPS) is 10.6. The van der Waals surface area contributed by atoms with E-state index in [1.165, 1.54) is 0 Å². The van der Waals surface area contributed by atoms with Crippen LogP contribution in [0.3, 0.4) is 0 Å². The van der Waals surface area contributed by atoms with Crippen LogP contribution in [0.4, 0.5) is 0 Å². The molecule has 19 heavy (non-hydrogen) atoms. The minimum atomic E-state index is -0.00499. The third-order valence-corrected chi connectivity index (χ3v) is 2.86. The number of allylic oxidation sites excluding steroid dienone is 1. The lowest BCUT2D eigenvalue weighted by Gasteiger charge is -2.03. The van der Waals surface area contributed by atoms with Gasteiger partial charge in [0.1, 0.15) is 5.75 Å². The lowest BCUT2D eigenvalue weighted by Crippen LogP contribution is -1.94. The van der Waals surface area contributed by atoms with Crippen LogP contribution in [-0.4, -0.2) is 12.9 Å². The molecule has 2 aromatic rings. The van der Waals surface area contributed by atoms with Gasteiger partial charge < -0.3 is 4.74 Å². The molecule has 0 radical (unpaired) electrons. The van der Waals surface area contributed by atoms with Crippen LogP contribution in [0.2, 0.25) is 0 Å². The van der Waals surface area contributed by atoms with Crippen molar-refractivity contribution in [3.05, 3.63) is 71.3 Å². The lowest BCUT2D eigenvalue weighted by atomic mass is 10.1. The monoisotopic (exact) mass is 252 g/mol. The zero-order chi connectivity index (χ0) is 13.7. The summed E-state index contributed by atoms with van der Waals surface area (Å²) in [6, 6.07) is 15.2. The molecule has 0 bridgehead atoms. The quantitative estimate of drug-likeness (QED) is 0.609. The van der Waals surface area contributed by atoms with Gasteiger partial charge in [-0.2, -0.15) is 0 Å². The van der Waals surface area contributed by atoms with Crippen molar-refractivity contribution >= 4 is 11.9 Å². The predicted molar refractivity (Wildman–Crippen MR) is 77.5 cm³/mol. The van der Waals surface area contributed by atoms with Gasteiger partial charge in [-0.1, -0.05) is 42.0 Å². The van der Waals surface area contributed by atoms with E-state index in [9.17, 15) is 4.79 Å². The van der Waals surface area contributed by atoms with E-state index >= 15 is 0 Å². The van der Waals surface area contributed by atoms with Crippen LogP contribution in [0.5, 0.6) is 5.75 Å². The molecule has 0 aromatic heterocycles. The Labute approximate surface area is 113 Å². The maximum Gasteiger partial charge on any atom is 0.185 e. The number of benzene rings is 2. The minimum absolute atomic E-state index is 0.00499. The van der Waals surface area contributed by atoms with Gasteiger partial charge in [0, 0.05) is 11.1 Å². The summed E-state index contributed by atoms with van der Waals surface area (Å²) in [5, 5.41) is 0. The van der Waals surface area contributed by atoms with Gasteiger partial charge in [-0.15, -0.1) is 0 Å². The summed E-state index contributed by atoms with van der Waals surface area (Å²) in [5.41, 5.74) is 2.67. The second-order valence-electron chi connectivity index (χ2n) is 4.31. The number of carbonyl (C=O) groups is 1. The average Bonchev–Trinajstić information content (AvgIpc) is 2.45. The van der Waals surface area contributed by atoms with Crippen LogP contribution in [0.25, 0.3) is 6.08 Å². The molecule has 0 spiro atoms. The molecule has 2 heteroatoms. The van der Waals surface area contributed by atoms with Crippen molar-refractivity contribution in [3.63, 3.8) is 0 Å². The molecule has 0 atom stereocenters. The van der Waals surface area contributed by atoms with E-state index in [-0.39, 0.29) is 5.78 Å². The molecular formula is C17H16O2. The first kappa shape index (κ1) is 13.1. The first-order valence-corrected chi connectivity index (χ1v) is 6.13. The number of rotatable bonds is 4. The van der Waals surface area contributed by atoms with Crippen molar-refractivity contribution in [3.8, 4) is 5.75 Å². The Balaban J connectivity index is 2.21. The standard InChI is InChI=1S/C17H16O2/c1-13-6-5-8-15(12-13)16(18)11-10-14-7-3-4-9-17(14)19-2/h3-12H,1-2H3. The maximum atomic E-state index is 12.0. The number of hydrogen-bond acceptors (Lipinski definition) is 2. The first-order valence-electron chi connectivity index (χ1n) is 6.13. The van der Waals surface area contributed by atoms with E-state index in [0.717, 1.165) is 16.9 Å². The van der Waals surface area contributed by atoms with Crippen molar-refractivity contribution in [2.45, 2.75) is 6.92 Å². The zero-order valence-electron chi connectivity index (χ0n) is 11.1. The van der Waals surface area contributed by atoms with E-state index in [2.05, 4.69) is 0 Å². The molecule has 0 heterocycles. The summed E-state index contributed by atoms with van der Waals surface area (Å²) >= 11 is 0. The van der Waals surface area contributed by atoms with Crippen molar-refractivity contribution < 1.29 is 9.53 Å². The fourth-order valence-electron chi connectivity index (χ4n) is 1.86. The molecule has 96 valence electrons. The zero-order valence-corrected chi connectivity index (χ0v) is 11.1. The Kier molecular flexibility index (Phi) is 4.14. The van der Waals surface area contributed by atoms with Crippen LogP contribution in [-0.2, 0) is 0 Å². The fourth-order valence-corrected chi connectivity index (χ4v) is 1.86. The van der Waals surface area contributed by atoms with Gasteiger partial charge in [0.25, 0.3) is 0 Å². The van der Waals surface area contributed by atoms with Gasteiger partial charge in [-0.25, -0.2) is 0 Å². The summed E-state index contributed by atoms with van der Waals surface area (Å²) in [5.74, 6) is 0.755. The Morgan fingerprint density at radius 1 is 1.11 bits per heavy atom.